The average Bonchev–Trinajstić information content (AvgIpc) is 2.95. The molecule has 0 radical (unpaired) electrons. The number of ether oxygens (including phenoxy) is 1. The van der Waals surface area contributed by atoms with E-state index in [2.05, 4.69) is 5.32 Å². The number of carbonyl (C=O) groups excluding carboxylic acids is 1. The molecule has 4 nitrogen and oxygen atoms in total. The van der Waals surface area contributed by atoms with Gasteiger partial charge in [0, 0.05) is 25.6 Å². The lowest BCUT2D eigenvalue weighted by atomic mass is 10.1. The molecule has 1 atom stereocenters. The van der Waals surface area contributed by atoms with Crippen molar-refractivity contribution in [2.24, 2.45) is 11.7 Å². The van der Waals surface area contributed by atoms with Gasteiger partial charge in [0.05, 0.1) is 6.61 Å². The van der Waals surface area contributed by atoms with Crippen molar-refractivity contribution in [2.45, 2.75) is 32.2 Å². The van der Waals surface area contributed by atoms with Gasteiger partial charge in [0.1, 0.15) is 0 Å². The number of nitrogens with two attached hydrogens (primary N) is 1. The molecular formula is C10H20N2O2. The molecule has 82 valence electrons. The van der Waals surface area contributed by atoms with Crippen LogP contribution in [0.15, 0.2) is 0 Å². The molecule has 0 spiro atoms. The Labute approximate surface area is 85.2 Å². The Kier molecular flexibility index (Phi) is 4.90. The third kappa shape index (κ3) is 4.58. The molecule has 0 saturated heterocycles. The molecule has 1 saturated carbocycles. The monoisotopic (exact) mass is 200 g/mol. The second-order valence-electron chi connectivity index (χ2n) is 3.75. The minimum atomic E-state index is 0.0455. The zero-order valence-electron chi connectivity index (χ0n) is 8.79. The van der Waals surface area contributed by atoms with Gasteiger partial charge < -0.3 is 15.8 Å². The third-order valence-corrected chi connectivity index (χ3v) is 2.42. The molecule has 0 bridgehead atoms. The molecule has 1 amide bonds. The maximum atomic E-state index is 11.3. The van der Waals surface area contributed by atoms with Crippen molar-refractivity contribution in [1.82, 2.24) is 5.32 Å². The Bertz CT molecular complexity index is 181. The van der Waals surface area contributed by atoms with Crippen molar-refractivity contribution in [1.29, 1.82) is 0 Å². The smallest absolute Gasteiger partial charge is 0.221 e. The summed E-state index contributed by atoms with van der Waals surface area (Å²) in [6.07, 6.45) is 2.83. The van der Waals surface area contributed by atoms with Crippen LogP contribution < -0.4 is 11.1 Å². The number of amides is 1. The van der Waals surface area contributed by atoms with Gasteiger partial charge in [-0.2, -0.15) is 0 Å². The minimum Gasteiger partial charge on any atom is -0.380 e. The Hall–Kier alpha value is -0.610. The molecule has 0 aliphatic heterocycles. The SMILES string of the molecule is CCOCCNC(=O)CC(N)C1CC1. The van der Waals surface area contributed by atoms with Crippen LogP contribution in [0, 0.1) is 5.92 Å². The van der Waals surface area contributed by atoms with Gasteiger partial charge in [-0.15, -0.1) is 0 Å². The molecule has 0 aromatic heterocycles. The van der Waals surface area contributed by atoms with Gasteiger partial charge in [0.2, 0.25) is 5.91 Å². The summed E-state index contributed by atoms with van der Waals surface area (Å²) in [6, 6.07) is 0.0575. The number of hydrogen-bond donors (Lipinski definition) is 2. The fourth-order valence-electron chi connectivity index (χ4n) is 1.38. The zero-order chi connectivity index (χ0) is 10.4. The standard InChI is InChI=1S/C10H20N2O2/c1-2-14-6-5-12-10(13)7-9(11)8-3-4-8/h8-9H,2-7,11H2,1H3,(H,12,13). The highest BCUT2D eigenvalue weighted by molar-refractivity contribution is 5.76. The number of carbonyl (C=O) groups is 1. The first-order valence-electron chi connectivity index (χ1n) is 5.34. The Morgan fingerprint density at radius 1 is 1.64 bits per heavy atom. The van der Waals surface area contributed by atoms with Crippen LogP contribution >= 0.6 is 0 Å². The predicted molar refractivity (Wildman–Crippen MR) is 54.8 cm³/mol. The molecule has 14 heavy (non-hydrogen) atoms. The minimum absolute atomic E-state index is 0.0455. The Morgan fingerprint density at radius 2 is 2.36 bits per heavy atom. The molecule has 0 aromatic carbocycles. The van der Waals surface area contributed by atoms with Crippen LogP contribution in [0.3, 0.4) is 0 Å². The van der Waals surface area contributed by atoms with Gasteiger partial charge in [0.25, 0.3) is 0 Å². The fourth-order valence-corrected chi connectivity index (χ4v) is 1.38. The number of nitrogens with one attached hydrogen (secondary N) is 1. The summed E-state index contributed by atoms with van der Waals surface area (Å²) < 4.78 is 5.10. The summed E-state index contributed by atoms with van der Waals surface area (Å²) in [5, 5.41) is 2.79. The van der Waals surface area contributed by atoms with Crippen molar-refractivity contribution in [2.75, 3.05) is 19.8 Å². The molecule has 1 unspecified atom stereocenters. The maximum Gasteiger partial charge on any atom is 0.221 e. The van der Waals surface area contributed by atoms with Crippen molar-refractivity contribution < 1.29 is 9.53 Å². The van der Waals surface area contributed by atoms with Gasteiger partial charge in [-0.05, 0) is 25.7 Å². The number of rotatable bonds is 7. The normalized spacial score (nSPS) is 17.9. The molecule has 0 aromatic rings. The maximum absolute atomic E-state index is 11.3. The fraction of sp³-hybridized carbons (Fsp3) is 0.900. The van der Waals surface area contributed by atoms with Gasteiger partial charge in [-0.25, -0.2) is 0 Å². The lowest BCUT2D eigenvalue weighted by molar-refractivity contribution is -0.121. The number of hydrogen-bond acceptors (Lipinski definition) is 3. The molecule has 1 aliphatic rings. The van der Waals surface area contributed by atoms with Crippen LogP contribution in [0.5, 0.6) is 0 Å². The van der Waals surface area contributed by atoms with Gasteiger partial charge >= 0.3 is 0 Å². The van der Waals surface area contributed by atoms with Crippen molar-refractivity contribution in [3.05, 3.63) is 0 Å². The lowest BCUT2D eigenvalue weighted by Gasteiger charge is -2.10. The van der Waals surface area contributed by atoms with E-state index in [9.17, 15) is 4.79 Å². The van der Waals surface area contributed by atoms with Gasteiger partial charge in [-0.3, -0.25) is 4.79 Å². The summed E-state index contributed by atoms with van der Waals surface area (Å²) in [5.74, 6) is 0.636. The van der Waals surface area contributed by atoms with Crippen molar-refractivity contribution in [3.63, 3.8) is 0 Å². The molecule has 3 N–H and O–H groups in total. The quantitative estimate of drug-likeness (QED) is 0.580. The predicted octanol–water partition coefficient (Wildman–Crippen LogP) is 0.267. The first kappa shape index (κ1) is 11.5. The van der Waals surface area contributed by atoms with Crippen LogP contribution in [0.2, 0.25) is 0 Å². The second-order valence-corrected chi connectivity index (χ2v) is 3.75. The Morgan fingerprint density at radius 3 is 2.93 bits per heavy atom. The molecule has 1 fully saturated rings. The van der Waals surface area contributed by atoms with E-state index in [0.717, 1.165) is 0 Å². The first-order valence-corrected chi connectivity index (χ1v) is 5.34. The average molecular weight is 200 g/mol. The van der Waals surface area contributed by atoms with Crippen molar-refractivity contribution >= 4 is 5.91 Å². The highest BCUT2D eigenvalue weighted by Gasteiger charge is 2.29. The molecule has 1 rings (SSSR count). The lowest BCUT2D eigenvalue weighted by Crippen LogP contribution is -2.34. The van der Waals surface area contributed by atoms with E-state index in [-0.39, 0.29) is 11.9 Å². The largest absolute Gasteiger partial charge is 0.380 e. The van der Waals surface area contributed by atoms with Crippen LogP contribution in [0.25, 0.3) is 0 Å². The molecule has 0 heterocycles. The van der Waals surface area contributed by atoms with Crippen molar-refractivity contribution in [3.8, 4) is 0 Å². The zero-order valence-corrected chi connectivity index (χ0v) is 8.79. The van der Waals surface area contributed by atoms with E-state index in [1.165, 1.54) is 12.8 Å². The summed E-state index contributed by atoms with van der Waals surface area (Å²) in [4.78, 5) is 11.3. The van der Waals surface area contributed by atoms with E-state index in [1.54, 1.807) is 0 Å². The Balaban J connectivity index is 1.97. The summed E-state index contributed by atoms with van der Waals surface area (Å²) in [6.45, 7) is 3.80. The molecule has 4 heteroatoms. The van der Waals surface area contributed by atoms with E-state index in [1.807, 2.05) is 6.92 Å². The molecule has 1 aliphatic carbocycles. The van der Waals surface area contributed by atoms with Crippen LogP contribution in [0.1, 0.15) is 26.2 Å². The van der Waals surface area contributed by atoms with E-state index in [4.69, 9.17) is 10.5 Å². The van der Waals surface area contributed by atoms with E-state index >= 15 is 0 Å². The van der Waals surface area contributed by atoms with Gasteiger partial charge in [-0.1, -0.05) is 0 Å². The van der Waals surface area contributed by atoms with E-state index < -0.39 is 0 Å². The van der Waals surface area contributed by atoms with E-state index in [0.29, 0.717) is 32.1 Å². The summed E-state index contributed by atoms with van der Waals surface area (Å²) in [7, 11) is 0. The topological polar surface area (TPSA) is 64.3 Å². The van der Waals surface area contributed by atoms with Crippen LogP contribution in [-0.2, 0) is 9.53 Å². The second kappa shape index (κ2) is 5.98. The summed E-state index contributed by atoms with van der Waals surface area (Å²) in [5.41, 5.74) is 5.82. The molecular weight excluding hydrogens is 180 g/mol. The highest BCUT2D eigenvalue weighted by atomic mass is 16.5. The third-order valence-electron chi connectivity index (χ3n) is 2.42. The first-order chi connectivity index (χ1) is 6.74. The van der Waals surface area contributed by atoms with Crippen LogP contribution in [0.4, 0.5) is 0 Å². The highest BCUT2D eigenvalue weighted by Crippen LogP contribution is 2.32. The summed E-state index contributed by atoms with van der Waals surface area (Å²) >= 11 is 0. The van der Waals surface area contributed by atoms with Crippen LogP contribution in [-0.4, -0.2) is 31.7 Å². The van der Waals surface area contributed by atoms with Gasteiger partial charge in [0.15, 0.2) is 0 Å².